The number of fused-ring (bicyclic) bond motifs is 1. The zero-order chi connectivity index (χ0) is 24.9. The number of nitrogens with one attached hydrogen (secondary N) is 1. The normalized spacial score (nSPS) is 16.6. The average molecular weight is 496 g/mol. The molecule has 2 heterocycles. The predicted octanol–water partition coefficient (Wildman–Crippen LogP) is 5.03. The summed E-state index contributed by atoms with van der Waals surface area (Å²) in [4.78, 5) is 4.54. The van der Waals surface area contributed by atoms with E-state index in [1.165, 1.54) is 24.3 Å². The fraction of sp³-hybridized carbons (Fsp3) is 0.458. The van der Waals surface area contributed by atoms with Crippen molar-refractivity contribution in [2.24, 2.45) is 0 Å². The van der Waals surface area contributed by atoms with Gasteiger partial charge in [0, 0.05) is 23.2 Å². The van der Waals surface area contributed by atoms with Gasteiger partial charge >= 0.3 is 6.18 Å². The monoisotopic (exact) mass is 495 g/mol. The van der Waals surface area contributed by atoms with E-state index in [4.69, 9.17) is 0 Å². The molecule has 10 heteroatoms. The molecule has 4 rings (SSSR count). The number of hydrogen-bond donors (Lipinski definition) is 2. The van der Waals surface area contributed by atoms with Crippen LogP contribution in [0.15, 0.2) is 42.6 Å². The van der Waals surface area contributed by atoms with Crippen molar-refractivity contribution in [3.63, 3.8) is 0 Å². The molecule has 0 amide bonds. The lowest BCUT2D eigenvalue weighted by molar-refractivity contribution is -0.137. The molecule has 1 aromatic carbocycles. The Balaban J connectivity index is 1.81. The summed E-state index contributed by atoms with van der Waals surface area (Å²) >= 11 is 0. The van der Waals surface area contributed by atoms with E-state index < -0.39 is 38.7 Å². The van der Waals surface area contributed by atoms with E-state index in [1.54, 1.807) is 37.6 Å². The Labute approximate surface area is 196 Å². The van der Waals surface area contributed by atoms with E-state index in [2.05, 4.69) is 9.71 Å². The quantitative estimate of drug-likeness (QED) is 0.482. The summed E-state index contributed by atoms with van der Waals surface area (Å²) in [6.45, 7) is 5.09. The zero-order valence-electron chi connectivity index (χ0n) is 19.2. The van der Waals surface area contributed by atoms with E-state index in [0.29, 0.717) is 29.4 Å². The zero-order valence-corrected chi connectivity index (χ0v) is 20.0. The minimum atomic E-state index is -4.54. The molecular formula is C24H28F3N3O3S. The second-order valence-electron chi connectivity index (χ2n) is 9.57. The van der Waals surface area contributed by atoms with Crippen molar-refractivity contribution in [1.29, 1.82) is 0 Å². The summed E-state index contributed by atoms with van der Waals surface area (Å²) in [5.41, 5.74) is -0.798. The van der Waals surface area contributed by atoms with Gasteiger partial charge in [0.05, 0.1) is 28.7 Å². The third-order valence-corrected chi connectivity index (χ3v) is 8.15. The van der Waals surface area contributed by atoms with Crippen LogP contribution in [0.1, 0.15) is 57.2 Å². The van der Waals surface area contributed by atoms with Crippen LogP contribution in [-0.2, 0) is 22.7 Å². The molecule has 0 unspecified atom stereocenters. The van der Waals surface area contributed by atoms with Crippen molar-refractivity contribution in [1.82, 2.24) is 14.3 Å². The summed E-state index contributed by atoms with van der Waals surface area (Å²) in [5, 5.41) is 10.6. The number of halogens is 3. The van der Waals surface area contributed by atoms with Crippen LogP contribution in [0, 0.1) is 0 Å². The second-order valence-corrected chi connectivity index (χ2v) is 11.6. The van der Waals surface area contributed by atoms with Crippen molar-refractivity contribution < 1.29 is 26.7 Å². The molecule has 1 aliphatic carbocycles. The van der Waals surface area contributed by atoms with Gasteiger partial charge in [-0.05, 0) is 57.4 Å². The van der Waals surface area contributed by atoms with Crippen LogP contribution in [0.5, 0.6) is 0 Å². The number of rotatable bonds is 7. The van der Waals surface area contributed by atoms with E-state index >= 15 is 0 Å². The highest BCUT2D eigenvalue weighted by Crippen LogP contribution is 2.38. The van der Waals surface area contributed by atoms with Gasteiger partial charge in [0.1, 0.15) is 5.65 Å². The minimum absolute atomic E-state index is 0.0480. The van der Waals surface area contributed by atoms with Gasteiger partial charge in [-0.15, -0.1) is 0 Å². The van der Waals surface area contributed by atoms with Crippen LogP contribution in [0.25, 0.3) is 22.3 Å². The first-order valence-corrected chi connectivity index (χ1v) is 12.7. The molecule has 0 spiro atoms. The van der Waals surface area contributed by atoms with Gasteiger partial charge in [0.15, 0.2) is 0 Å². The van der Waals surface area contributed by atoms with Crippen molar-refractivity contribution in [3.05, 3.63) is 53.7 Å². The van der Waals surface area contributed by atoms with Crippen molar-refractivity contribution in [3.8, 4) is 11.3 Å². The lowest BCUT2D eigenvalue weighted by atomic mass is 10.0. The van der Waals surface area contributed by atoms with Crippen molar-refractivity contribution >= 4 is 21.1 Å². The number of aromatic nitrogens is 2. The molecule has 0 bridgehead atoms. The highest BCUT2D eigenvalue weighted by Gasteiger charge is 2.35. The minimum Gasteiger partial charge on any atom is -0.389 e. The molecule has 6 nitrogen and oxygen atoms in total. The SMILES string of the molecule is C[C@@H](NS(=O)(=O)C1CCC1)c1cn(CC(C)(C)O)c2nc(-c3ccccc3C(F)(F)F)ccc12. The molecule has 184 valence electrons. The Morgan fingerprint density at radius 1 is 1.18 bits per heavy atom. The summed E-state index contributed by atoms with van der Waals surface area (Å²) in [7, 11) is -3.49. The molecule has 0 radical (unpaired) electrons. The van der Waals surface area contributed by atoms with E-state index in [-0.39, 0.29) is 17.8 Å². The maximum absolute atomic E-state index is 13.6. The second kappa shape index (κ2) is 8.66. The van der Waals surface area contributed by atoms with Gasteiger partial charge in [0.25, 0.3) is 0 Å². The smallest absolute Gasteiger partial charge is 0.389 e. The summed E-state index contributed by atoms with van der Waals surface area (Å²) in [6.07, 6.45) is -0.681. The predicted molar refractivity (Wildman–Crippen MR) is 125 cm³/mol. The first-order chi connectivity index (χ1) is 15.8. The molecule has 2 N–H and O–H groups in total. The van der Waals surface area contributed by atoms with Crippen molar-refractivity contribution in [2.45, 2.75) is 69.6 Å². The molecule has 34 heavy (non-hydrogen) atoms. The maximum Gasteiger partial charge on any atom is 0.417 e. The fourth-order valence-electron chi connectivity index (χ4n) is 4.26. The third-order valence-electron chi connectivity index (χ3n) is 6.12. The standard InChI is InChI=1S/C24H28F3N3O3S/c1-15(29-34(32,33)16-7-6-8-16)19-13-30(14-23(2,3)31)22-17(19)11-12-21(28-22)18-9-4-5-10-20(18)24(25,26)27/h4-5,9-13,15-16,29,31H,6-8,14H2,1-3H3/t15-/m1/s1. The van der Waals surface area contributed by atoms with Crippen LogP contribution < -0.4 is 4.72 Å². The topological polar surface area (TPSA) is 84.2 Å². The van der Waals surface area contributed by atoms with Gasteiger partial charge in [-0.2, -0.15) is 13.2 Å². The van der Waals surface area contributed by atoms with Gasteiger partial charge in [-0.1, -0.05) is 24.6 Å². The van der Waals surface area contributed by atoms with Crippen LogP contribution in [0.2, 0.25) is 0 Å². The number of pyridine rings is 1. The molecule has 1 fully saturated rings. The van der Waals surface area contributed by atoms with Crippen LogP contribution >= 0.6 is 0 Å². The molecule has 2 aromatic heterocycles. The lowest BCUT2D eigenvalue weighted by Crippen LogP contribution is -2.39. The average Bonchev–Trinajstić information content (AvgIpc) is 3.01. The summed E-state index contributed by atoms with van der Waals surface area (Å²) in [6, 6.07) is 7.83. The largest absolute Gasteiger partial charge is 0.417 e. The molecule has 1 aliphatic rings. The number of hydrogen-bond acceptors (Lipinski definition) is 4. The Bertz CT molecular complexity index is 1310. The molecule has 1 atom stereocenters. The Morgan fingerprint density at radius 3 is 2.44 bits per heavy atom. The Kier molecular flexibility index (Phi) is 6.28. The Morgan fingerprint density at radius 2 is 1.85 bits per heavy atom. The number of benzene rings is 1. The van der Waals surface area contributed by atoms with Gasteiger partial charge < -0.3 is 9.67 Å². The highest BCUT2D eigenvalue weighted by molar-refractivity contribution is 7.90. The molecular weight excluding hydrogens is 467 g/mol. The fourth-order valence-corrected chi connectivity index (χ4v) is 6.03. The Hall–Kier alpha value is -2.43. The van der Waals surface area contributed by atoms with E-state index in [9.17, 15) is 26.7 Å². The van der Waals surface area contributed by atoms with Gasteiger partial charge in [-0.3, -0.25) is 0 Å². The van der Waals surface area contributed by atoms with Crippen LogP contribution in [0.4, 0.5) is 13.2 Å². The summed E-state index contributed by atoms with van der Waals surface area (Å²) < 4.78 is 70.5. The van der Waals surface area contributed by atoms with E-state index in [0.717, 1.165) is 12.5 Å². The molecule has 0 aliphatic heterocycles. The first-order valence-electron chi connectivity index (χ1n) is 11.2. The number of aliphatic hydroxyl groups is 1. The van der Waals surface area contributed by atoms with Crippen molar-refractivity contribution in [2.75, 3.05) is 0 Å². The molecule has 3 aromatic rings. The first kappa shape index (κ1) is 24.7. The highest BCUT2D eigenvalue weighted by atomic mass is 32.2. The third kappa shape index (κ3) is 4.99. The van der Waals surface area contributed by atoms with Crippen LogP contribution in [-0.4, -0.2) is 33.9 Å². The van der Waals surface area contributed by atoms with E-state index in [1.807, 2.05) is 0 Å². The summed E-state index contributed by atoms with van der Waals surface area (Å²) in [5.74, 6) is 0. The number of sulfonamides is 1. The lowest BCUT2D eigenvalue weighted by Gasteiger charge is -2.27. The maximum atomic E-state index is 13.6. The van der Waals surface area contributed by atoms with Crippen LogP contribution in [0.3, 0.4) is 0 Å². The number of alkyl halides is 3. The molecule has 0 saturated heterocycles. The number of nitrogens with zero attached hydrogens (tertiary/aromatic N) is 2. The van der Waals surface area contributed by atoms with Gasteiger partial charge in [0.2, 0.25) is 10.0 Å². The molecule has 1 saturated carbocycles. The van der Waals surface area contributed by atoms with Gasteiger partial charge in [-0.25, -0.2) is 18.1 Å².